The van der Waals surface area contributed by atoms with Gasteiger partial charge in [0.25, 0.3) is 0 Å². The lowest BCUT2D eigenvalue weighted by Crippen LogP contribution is -2.12. The van der Waals surface area contributed by atoms with Crippen LogP contribution in [0.15, 0.2) is 18.2 Å². The Morgan fingerprint density at radius 2 is 1.87 bits per heavy atom. The molecule has 2 rings (SSSR count). The summed E-state index contributed by atoms with van der Waals surface area (Å²) in [6.45, 7) is 0. The summed E-state index contributed by atoms with van der Waals surface area (Å²) in [6, 6.07) is 5.52. The molecule has 0 aliphatic heterocycles. The minimum Gasteiger partial charge on any atom is -0.362 e. The molecule has 0 spiro atoms. The van der Waals surface area contributed by atoms with Crippen LogP contribution >= 0.6 is 23.2 Å². The molecule has 0 fully saturated rings. The van der Waals surface area contributed by atoms with Crippen LogP contribution in [-0.2, 0) is 0 Å². The number of halogens is 2. The molecule has 1 heterocycles. The summed E-state index contributed by atoms with van der Waals surface area (Å²) in [5.74, 6) is 0.732. The number of hydrogen-bond donors (Lipinski definition) is 0. The SMILES string of the molecule is CN(C)c1nc(Cl)nc2cccc(Cl)c12. The van der Waals surface area contributed by atoms with E-state index in [-0.39, 0.29) is 5.28 Å². The van der Waals surface area contributed by atoms with Gasteiger partial charge in [-0.2, -0.15) is 4.98 Å². The molecule has 0 amide bonds. The molecular formula is C10H9Cl2N3. The second-order valence-corrected chi connectivity index (χ2v) is 4.09. The van der Waals surface area contributed by atoms with Gasteiger partial charge in [0, 0.05) is 14.1 Å². The number of rotatable bonds is 1. The predicted octanol–water partition coefficient (Wildman–Crippen LogP) is 3.00. The number of nitrogens with zero attached hydrogens (tertiary/aromatic N) is 3. The van der Waals surface area contributed by atoms with E-state index in [9.17, 15) is 0 Å². The first-order valence-corrected chi connectivity index (χ1v) is 5.14. The molecule has 15 heavy (non-hydrogen) atoms. The van der Waals surface area contributed by atoms with Gasteiger partial charge in [0.1, 0.15) is 5.82 Å². The van der Waals surface area contributed by atoms with E-state index in [0.29, 0.717) is 5.02 Å². The molecule has 78 valence electrons. The lowest BCUT2D eigenvalue weighted by Gasteiger charge is -2.14. The van der Waals surface area contributed by atoms with E-state index in [0.717, 1.165) is 16.7 Å². The third-order valence-corrected chi connectivity index (χ3v) is 2.53. The van der Waals surface area contributed by atoms with Crippen molar-refractivity contribution >= 4 is 39.9 Å². The third-order valence-electron chi connectivity index (χ3n) is 2.05. The van der Waals surface area contributed by atoms with E-state index in [1.54, 1.807) is 0 Å². The Labute approximate surface area is 97.6 Å². The zero-order chi connectivity index (χ0) is 11.0. The van der Waals surface area contributed by atoms with Gasteiger partial charge in [-0.15, -0.1) is 0 Å². The van der Waals surface area contributed by atoms with Crippen molar-refractivity contribution in [3.05, 3.63) is 28.5 Å². The van der Waals surface area contributed by atoms with Crippen LogP contribution in [0.1, 0.15) is 0 Å². The van der Waals surface area contributed by atoms with E-state index in [1.807, 2.05) is 37.2 Å². The summed E-state index contributed by atoms with van der Waals surface area (Å²) < 4.78 is 0. The maximum absolute atomic E-state index is 6.11. The number of hydrogen-bond acceptors (Lipinski definition) is 3. The van der Waals surface area contributed by atoms with Crippen molar-refractivity contribution < 1.29 is 0 Å². The molecule has 1 aromatic carbocycles. The van der Waals surface area contributed by atoms with Crippen LogP contribution in [0.3, 0.4) is 0 Å². The van der Waals surface area contributed by atoms with Crippen molar-refractivity contribution in [2.75, 3.05) is 19.0 Å². The lowest BCUT2D eigenvalue weighted by molar-refractivity contribution is 1.06. The maximum atomic E-state index is 6.11. The highest BCUT2D eigenvalue weighted by atomic mass is 35.5. The molecule has 0 unspecified atom stereocenters. The zero-order valence-electron chi connectivity index (χ0n) is 8.33. The van der Waals surface area contributed by atoms with Gasteiger partial charge in [-0.05, 0) is 23.7 Å². The highest BCUT2D eigenvalue weighted by Gasteiger charge is 2.10. The van der Waals surface area contributed by atoms with Gasteiger partial charge in [0.15, 0.2) is 0 Å². The Hall–Kier alpha value is -1.06. The first-order chi connectivity index (χ1) is 7.09. The Morgan fingerprint density at radius 1 is 1.13 bits per heavy atom. The van der Waals surface area contributed by atoms with Crippen LogP contribution in [-0.4, -0.2) is 24.1 Å². The highest BCUT2D eigenvalue weighted by molar-refractivity contribution is 6.36. The molecule has 0 saturated heterocycles. The van der Waals surface area contributed by atoms with Gasteiger partial charge >= 0.3 is 0 Å². The molecule has 0 bridgehead atoms. The average Bonchev–Trinajstić information content (AvgIpc) is 2.16. The fraction of sp³-hybridized carbons (Fsp3) is 0.200. The van der Waals surface area contributed by atoms with Crippen molar-refractivity contribution in [3.8, 4) is 0 Å². The van der Waals surface area contributed by atoms with Gasteiger partial charge in [-0.3, -0.25) is 0 Å². The van der Waals surface area contributed by atoms with Crippen LogP contribution < -0.4 is 4.90 Å². The molecule has 0 N–H and O–H groups in total. The molecule has 0 aliphatic carbocycles. The first-order valence-electron chi connectivity index (χ1n) is 4.38. The van der Waals surface area contributed by atoms with Gasteiger partial charge in [0.2, 0.25) is 5.28 Å². The molecule has 3 nitrogen and oxygen atoms in total. The lowest BCUT2D eigenvalue weighted by atomic mass is 10.2. The Morgan fingerprint density at radius 3 is 2.53 bits per heavy atom. The van der Waals surface area contributed by atoms with Crippen LogP contribution in [0.5, 0.6) is 0 Å². The first kappa shape index (κ1) is 10.5. The second-order valence-electron chi connectivity index (χ2n) is 3.34. The van der Waals surface area contributed by atoms with Crippen molar-refractivity contribution in [1.29, 1.82) is 0 Å². The quantitative estimate of drug-likeness (QED) is 0.720. The number of fused-ring (bicyclic) bond motifs is 1. The van der Waals surface area contributed by atoms with E-state index >= 15 is 0 Å². The summed E-state index contributed by atoms with van der Waals surface area (Å²) in [5.41, 5.74) is 0.756. The van der Waals surface area contributed by atoms with Crippen molar-refractivity contribution in [1.82, 2.24) is 9.97 Å². The van der Waals surface area contributed by atoms with Crippen LogP contribution in [0.25, 0.3) is 10.9 Å². The minimum absolute atomic E-state index is 0.230. The zero-order valence-corrected chi connectivity index (χ0v) is 9.84. The fourth-order valence-electron chi connectivity index (χ4n) is 1.42. The van der Waals surface area contributed by atoms with Gasteiger partial charge in [-0.1, -0.05) is 17.7 Å². The minimum atomic E-state index is 0.230. The summed E-state index contributed by atoms with van der Waals surface area (Å²) in [7, 11) is 3.78. The Balaban J connectivity index is 2.88. The average molecular weight is 242 g/mol. The summed E-state index contributed by atoms with van der Waals surface area (Å²) in [4.78, 5) is 10.1. The molecule has 5 heteroatoms. The fourth-order valence-corrected chi connectivity index (χ4v) is 1.84. The molecule has 0 radical (unpaired) electrons. The topological polar surface area (TPSA) is 29.0 Å². The van der Waals surface area contributed by atoms with Crippen LogP contribution in [0, 0.1) is 0 Å². The maximum Gasteiger partial charge on any atom is 0.224 e. The van der Waals surface area contributed by atoms with E-state index in [2.05, 4.69) is 9.97 Å². The number of aromatic nitrogens is 2. The second kappa shape index (κ2) is 3.83. The van der Waals surface area contributed by atoms with E-state index in [1.165, 1.54) is 0 Å². The number of benzene rings is 1. The predicted molar refractivity (Wildman–Crippen MR) is 63.9 cm³/mol. The standard InChI is InChI=1S/C10H9Cl2N3/c1-15(2)9-8-6(11)4-3-5-7(8)13-10(12)14-9/h3-5H,1-2H3. The summed E-state index contributed by atoms with van der Waals surface area (Å²) in [6.07, 6.45) is 0. The van der Waals surface area contributed by atoms with Crippen molar-refractivity contribution in [2.24, 2.45) is 0 Å². The Bertz CT molecular complexity index is 511. The molecule has 1 aromatic heterocycles. The molecule has 0 atom stereocenters. The van der Waals surface area contributed by atoms with E-state index in [4.69, 9.17) is 23.2 Å². The summed E-state index contributed by atoms with van der Waals surface area (Å²) >= 11 is 11.9. The van der Waals surface area contributed by atoms with Crippen LogP contribution in [0.2, 0.25) is 10.3 Å². The van der Waals surface area contributed by atoms with E-state index < -0.39 is 0 Å². The van der Waals surface area contributed by atoms with Crippen molar-refractivity contribution in [2.45, 2.75) is 0 Å². The molecule has 0 saturated carbocycles. The Kier molecular flexibility index (Phi) is 2.67. The third kappa shape index (κ3) is 1.85. The molecular weight excluding hydrogens is 233 g/mol. The molecule has 0 aliphatic rings. The largest absolute Gasteiger partial charge is 0.362 e. The monoisotopic (exact) mass is 241 g/mol. The normalized spacial score (nSPS) is 10.7. The molecule has 2 aromatic rings. The number of anilines is 1. The smallest absolute Gasteiger partial charge is 0.224 e. The van der Waals surface area contributed by atoms with Gasteiger partial charge in [0.05, 0.1) is 15.9 Å². The van der Waals surface area contributed by atoms with Gasteiger partial charge < -0.3 is 4.90 Å². The van der Waals surface area contributed by atoms with Crippen molar-refractivity contribution in [3.63, 3.8) is 0 Å². The van der Waals surface area contributed by atoms with Crippen LogP contribution in [0.4, 0.5) is 5.82 Å². The van der Waals surface area contributed by atoms with Gasteiger partial charge in [-0.25, -0.2) is 4.98 Å². The summed E-state index contributed by atoms with van der Waals surface area (Å²) in [5, 5.41) is 1.69. The highest BCUT2D eigenvalue weighted by Crippen LogP contribution is 2.30.